The number of hydrogen-bond donors (Lipinski definition) is 1. The van der Waals surface area contributed by atoms with Crippen molar-refractivity contribution in [3.63, 3.8) is 0 Å². The smallest absolute Gasteiger partial charge is 0.239 e. The van der Waals surface area contributed by atoms with Crippen molar-refractivity contribution >= 4 is 17.7 Å². The van der Waals surface area contributed by atoms with Gasteiger partial charge in [0.05, 0.1) is 6.04 Å². The number of rotatable bonds is 7. The second kappa shape index (κ2) is 7.85. The highest BCUT2D eigenvalue weighted by atomic mass is 32.2. The minimum Gasteiger partial charge on any atom is -0.344 e. The van der Waals surface area contributed by atoms with Crippen LogP contribution in [0.5, 0.6) is 0 Å². The van der Waals surface area contributed by atoms with Crippen molar-refractivity contribution in [3.05, 3.63) is 35.4 Å². The molecule has 0 saturated heterocycles. The minimum atomic E-state index is -0.392. The van der Waals surface area contributed by atoms with Crippen LogP contribution in [0.1, 0.15) is 31.4 Å². The molecular weight excluding hydrogens is 280 g/mol. The summed E-state index contributed by atoms with van der Waals surface area (Å²) in [6.07, 6.45) is 2.76. The lowest BCUT2D eigenvalue weighted by atomic mass is 9.83. The maximum Gasteiger partial charge on any atom is 0.239 e. The number of nitrogens with zero attached hydrogens (tertiary/aromatic N) is 1. The number of carbonyl (C=O) groups excluding carboxylic acids is 1. The van der Waals surface area contributed by atoms with Crippen LogP contribution in [0.15, 0.2) is 24.3 Å². The molecule has 2 N–H and O–H groups in total. The van der Waals surface area contributed by atoms with E-state index >= 15 is 0 Å². The third kappa shape index (κ3) is 5.36. The number of amides is 1. The average Bonchev–Trinajstić information content (AvgIpc) is 2.43. The Bertz CT molecular complexity index is 456. The first-order valence-electron chi connectivity index (χ1n) is 7.34. The van der Waals surface area contributed by atoms with Gasteiger partial charge >= 0.3 is 0 Å². The molecule has 21 heavy (non-hydrogen) atoms. The third-order valence-electron chi connectivity index (χ3n) is 3.79. The van der Waals surface area contributed by atoms with E-state index in [0.29, 0.717) is 6.54 Å². The summed E-state index contributed by atoms with van der Waals surface area (Å²) < 4.78 is 0. The quantitative estimate of drug-likeness (QED) is 0.842. The van der Waals surface area contributed by atoms with E-state index in [1.165, 1.54) is 11.1 Å². The maximum absolute atomic E-state index is 12.3. The molecule has 0 spiro atoms. The summed E-state index contributed by atoms with van der Waals surface area (Å²) in [7, 11) is 1.84. The van der Waals surface area contributed by atoms with Crippen LogP contribution in [-0.4, -0.2) is 42.4 Å². The maximum atomic E-state index is 12.3. The molecule has 0 bridgehead atoms. The van der Waals surface area contributed by atoms with Crippen LogP contribution in [0.3, 0.4) is 0 Å². The molecule has 0 radical (unpaired) electrons. The summed E-state index contributed by atoms with van der Waals surface area (Å²) in [6, 6.07) is 8.12. The molecule has 3 nitrogen and oxygen atoms in total. The summed E-state index contributed by atoms with van der Waals surface area (Å²) >= 11 is 1.72. The Balaban J connectivity index is 2.69. The molecule has 0 aliphatic carbocycles. The molecule has 0 aliphatic rings. The lowest BCUT2D eigenvalue weighted by Gasteiger charge is -2.32. The van der Waals surface area contributed by atoms with Crippen LogP contribution < -0.4 is 5.73 Å². The Morgan fingerprint density at radius 2 is 1.90 bits per heavy atom. The van der Waals surface area contributed by atoms with E-state index in [1.807, 2.05) is 13.3 Å². The second-order valence-electron chi connectivity index (χ2n) is 6.33. The van der Waals surface area contributed by atoms with Crippen LogP contribution in [-0.2, 0) is 10.2 Å². The number of hydrogen-bond acceptors (Lipinski definition) is 3. The van der Waals surface area contributed by atoms with E-state index in [0.717, 1.165) is 12.2 Å². The highest BCUT2D eigenvalue weighted by Crippen LogP contribution is 2.24. The first-order chi connectivity index (χ1) is 9.77. The minimum absolute atomic E-state index is 0.0317. The Kier molecular flexibility index (Phi) is 6.75. The Morgan fingerprint density at radius 3 is 2.43 bits per heavy atom. The number of carbonyl (C=O) groups is 1. The van der Waals surface area contributed by atoms with Crippen molar-refractivity contribution in [1.29, 1.82) is 0 Å². The van der Waals surface area contributed by atoms with Crippen LogP contribution in [0, 0.1) is 6.92 Å². The molecule has 4 heteroatoms. The van der Waals surface area contributed by atoms with Crippen molar-refractivity contribution < 1.29 is 4.79 Å². The van der Waals surface area contributed by atoms with Gasteiger partial charge in [-0.1, -0.05) is 43.7 Å². The summed E-state index contributed by atoms with van der Waals surface area (Å²) in [6.45, 7) is 7.07. The van der Waals surface area contributed by atoms with Crippen LogP contribution >= 0.6 is 11.8 Å². The van der Waals surface area contributed by atoms with Crippen LogP contribution in [0.2, 0.25) is 0 Å². The van der Waals surface area contributed by atoms with Gasteiger partial charge in [0.25, 0.3) is 0 Å². The van der Waals surface area contributed by atoms with Crippen molar-refractivity contribution in [2.24, 2.45) is 5.73 Å². The molecule has 1 amide bonds. The SMILES string of the molecule is CSCC[C@H](N)C(=O)N(C)CC(C)(C)c1ccc(C)cc1. The van der Waals surface area contributed by atoms with E-state index in [9.17, 15) is 4.79 Å². The van der Waals surface area contributed by atoms with Crippen molar-refractivity contribution in [2.45, 2.75) is 38.6 Å². The van der Waals surface area contributed by atoms with Gasteiger partial charge in [-0.05, 0) is 30.9 Å². The zero-order chi connectivity index (χ0) is 16.0. The molecule has 118 valence electrons. The fourth-order valence-electron chi connectivity index (χ4n) is 2.42. The average molecular weight is 308 g/mol. The van der Waals surface area contributed by atoms with Gasteiger partial charge in [-0.2, -0.15) is 11.8 Å². The zero-order valence-corrected chi connectivity index (χ0v) is 14.7. The van der Waals surface area contributed by atoms with E-state index < -0.39 is 6.04 Å². The number of nitrogens with two attached hydrogens (primary N) is 1. The number of benzene rings is 1. The fourth-order valence-corrected chi connectivity index (χ4v) is 2.91. The van der Waals surface area contributed by atoms with Gasteiger partial charge in [-0.15, -0.1) is 0 Å². The largest absolute Gasteiger partial charge is 0.344 e. The van der Waals surface area contributed by atoms with Gasteiger partial charge in [-0.3, -0.25) is 4.79 Å². The molecule has 1 atom stereocenters. The van der Waals surface area contributed by atoms with Crippen molar-refractivity contribution in [3.8, 4) is 0 Å². The van der Waals surface area contributed by atoms with Gasteiger partial charge in [0.1, 0.15) is 0 Å². The molecule has 0 aliphatic heterocycles. The van der Waals surface area contributed by atoms with Gasteiger partial charge < -0.3 is 10.6 Å². The van der Waals surface area contributed by atoms with E-state index in [2.05, 4.69) is 45.0 Å². The van der Waals surface area contributed by atoms with Crippen LogP contribution in [0.25, 0.3) is 0 Å². The third-order valence-corrected chi connectivity index (χ3v) is 4.44. The summed E-state index contributed by atoms with van der Waals surface area (Å²) in [4.78, 5) is 14.1. The van der Waals surface area contributed by atoms with Gasteiger partial charge in [0, 0.05) is 19.0 Å². The van der Waals surface area contributed by atoms with Crippen molar-refractivity contribution in [2.75, 3.05) is 25.6 Å². The zero-order valence-electron chi connectivity index (χ0n) is 13.8. The van der Waals surface area contributed by atoms with Crippen molar-refractivity contribution in [1.82, 2.24) is 4.90 Å². The first kappa shape index (κ1) is 18.1. The molecule has 0 saturated carbocycles. The van der Waals surface area contributed by atoms with Crippen LogP contribution in [0.4, 0.5) is 0 Å². The van der Waals surface area contributed by atoms with Gasteiger partial charge in [0.15, 0.2) is 0 Å². The monoisotopic (exact) mass is 308 g/mol. The Labute approximate surface area is 133 Å². The van der Waals surface area contributed by atoms with E-state index in [1.54, 1.807) is 16.7 Å². The highest BCUT2D eigenvalue weighted by Gasteiger charge is 2.26. The molecule has 0 fully saturated rings. The molecule has 0 heterocycles. The number of thioether (sulfide) groups is 1. The Hall–Kier alpha value is -1.00. The predicted molar refractivity (Wildman–Crippen MR) is 92.8 cm³/mol. The topological polar surface area (TPSA) is 46.3 Å². The molecule has 1 rings (SSSR count). The van der Waals surface area contributed by atoms with Gasteiger partial charge in [-0.25, -0.2) is 0 Å². The Morgan fingerprint density at radius 1 is 1.33 bits per heavy atom. The fraction of sp³-hybridized carbons (Fsp3) is 0.588. The number of likely N-dealkylation sites (N-methyl/N-ethyl adjacent to an activating group) is 1. The first-order valence-corrected chi connectivity index (χ1v) is 8.74. The second-order valence-corrected chi connectivity index (χ2v) is 7.32. The lowest BCUT2D eigenvalue weighted by molar-refractivity contribution is -0.132. The normalized spacial score (nSPS) is 13.0. The van der Waals surface area contributed by atoms with E-state index in [-0.39, 0.29) is 11.3 Å². The van der Waals surface area contributed by atoms with Gasteiger partial charge in [0.2, 0.25) is 5.91 Å². The molecule has 1 aromatic carbocycles. The number of aryl methyl sites for hydroxylation is 1. The lowest BCUT2D eigenvalue weighted by Crippen LogP contribution is -2.46. The highest BCUT2D eigenvalue weighted by molar-refractivity contribution is 7.98. The molecular formula is C17H28N2OS. The summed E-state index contributed by atoms with van der Waals surface area (Å²) in [5.74, 6) is 0.950. The molecule has 0 unspecified atom stereocenters. The summed E-state index contributed by atoms with van der Waals surface area (Å²) in [5, 5.41) is 0. The predicted octanol–water partition coefficient (Wildman–Crippen LogP) is 2.81. The standard InChI is InChI=1S/C17H28N2OS/c1-13-6-8-14(9-7-13)17(2,3)12-19(4)16(20)15(18)10-11-21-5/h6-9,15H,10-12,18H2,1-5H3/t15-/m0/s1. The molecule has 0 aromatic heterocycles. The summed E-state index contributed by atoms with van der Waals surface area (Å²) in [5.41, 5.74) is 8.38. The molecule has 1 aromatic rings. The van der Waals surface area contributed by atoms with E-state index in [4.69, 9.17) is 5.73 Å².